The fraction of sp³-hybridized carbons (Fsp3) is 0.0566. The molecule has 0 spiro atoms. The molecule has 9 aromatic carbocycles. The van der Waals surface area contributed by atoms with Gasteiger partial charge in [-0.3, -0.25) is 0 Å². The van der Waals surface area contributed by atoms with Crippen molar-refractivity contribution in [2.75, 3.05) is 4.90 Å². The second kappa shape index (κ2) is 10.8. The molecule has 58 heavy (non-hydrogen) atoms. The fourth-order valence-electron chi connectivity index (χ4n) is 10.4. The Kier molecular flexibility index (Phi) is 5.87. The van der Waals surface area contributed by atoms with E-state index in [1.54, 1.807) is 0 Å². The standard InChI is InChI=1S/C53H32N2OS2/c1-53(2)41-12-6-3-9-31(41)32-18-15-29(24-42(32)53)55(30-16-19-34-33-10-4-7-13-45(33)56-46(34)25-30)28-17-22-48-38(23-28)40-27-44-50-37(52(40)58-48)21-20-36-49(50)43(54-44)26-39-35-11-5-8-14-47(35)57-51(36)39/h3-27,54H,1-2H3. The van der Waals surface area contributed by atoms with Gasteiger partial charge in [-0.15, -0.1) is 22.7 Å². The van der Waals surface area contributed by atoms with E-state index < -0.39 is 0 Å². The number of thiophene rings is 2. The van der Waals surface area contributed by atoms with Crippen LogP contribution in [0, 0.1) is 0 Å². The number of hydrogen-bond acceptors (Lipinski definition) is 4. The number of anilines is 3. The number of H-pyrrole nitrogens is 1. The topological polar surface area (TPSA) is 32.2 Å². The minimum atomic E-state index is -0.119. The molecule has 1 aliphatic rings. The zero-order valence-electron chi connectivity index (χ0n) is 31.6. The van der Waals surface area contributed by atoms with Gasteiger partial charge in [0.1, 0.15) is 11.2 Å². The quantitative estimate of drug-likeness (QED) is 0.181. The van der Waals surface area contributed by atoms with Gasteiger partial charge in [-0.05, 0) is 89.0 Å². The van der Waals surface area contributed by atoms with Crippen LogP contribution in [-0.4, -0.2) is 4.98 Å². The first-order valence-corrected chi connectivity index (χ1v) is 21.5. The van der Waals surface area contributed by atoms with Crippen LogP contribution in [0.3, 0.4) is 0 Å². The van der Waals surface area contributed by atoms with Gasteiger partial charge >= 0.3 is 0 Å². The summed E-state index contributed by atoms with van der Waals surface area (Å²) in [6.45, 7) is 4.71. The van der Waals surface area contributed by atoms with Crippen LogP contribution in [0.5, 0.6) is 0 Å². The van der Waals surface area contributed by atoms with Crippen LogP contribution in [0.2, 0.25) is 0 Å². The maximum absolute atomic E-state index is 6.48. The third kappa shape index (κ3) is 3.97. The molecular weight excluding hydrogens is 745 g/mol. The number of benzene rings is 9. The molecule has 0 amide bonds. The van der Waals surface area contributed by atoms with Gasteiger partial charge in [0.2, 0.25) is 0 Å². The van der Waals surface area contributed by atoms with E-state index in [1.165, 1.54) is 95.2 Å². The van der Waals surface area contributed by atoms with E-state index in [0.29, 0.717) is 0 Å². The predicted octanol–water partition coefficient (Wildman–Crippen LogP) is 16.3. The van der Waals surface area contributed by atoms with Crippen molar-refractivity contribution in [3.8, 4) is 11.1 Å². The SMILES string of the molecule is CC1(C)c2ccccc2-c2ccc(N(c3ccc4c(c3)oc3ccccc34)c3ccc4sc5c(cc6[nH]c7cc8c9ccccc9sc8c8ccc5c6c78)c4c3)cc21. The van der Waals surface area contributed by atoms with Gasteiger partial charge in [0, 0.05) is 112 Å². The van der Waals surface area contributed by atoms with Gasteiger partial charge in [-0.1, -0.05) is 92.7 Å². The molecule has 0 aliphatic heterocycles. The number of nitrogens with zero attached hydrogens (tertiary/aromatic N) is 1. The van der Waals surface area contributed by atoms with Crippen molar-refractivity contribution in [1.82, 2.24) is 4.98 Å². The first kappa shape index (κ1) is 31.4. The van der Waals surface area contributed by atoms with E-state index >= 15 is 0 Å². The Bertz CT molecular complexity index is 3910. The molecular formula is C53H32N2OS2. The number of aromatic nitrogens is 1. The van der Waals surface area contributed by atoms with Crippen LogP contribution in [0.1, 0.15) is 25.0 Å². The molecule has 0 saturated heterocycles. The largest absolute Gasteiger partial charge is 0.456 e. The summed E-state index contributed by atoms with van der Waals surface area (Å²) in [5, 5.41) is 12.8. The van der Waals surface area contributed by atoms with Gasteiger partial charge in [0.05, 0.1) is 0 Å². The van der Waals surface area contributed by atoms with Gasteiger partial charge < -0.3 is 14.3 Å². The van der Waals surface area contributed by atoms with Gasteiger partial charge in [0.15, 0.2) is 0 Å². The molecule has 1 N–H and O–H groups in total. The zero-order chi connectivity index (χ0) is 38.0. The molecule has 3 nitrogen and oxygen atoms in total. The lowest BCUT2D eigenvalue weighted by molar-refractivity contribution is 0.660. The lowest BCUT2D eigenvalue weighted by atomic mass is 9.82. The molecule has 0 atom stereocenters. The minimum Gasteiger partial charge on any atom is -0.456 e. The maximum Gasteiger partial charge on any atom is 0.137 e. The molecule has 13 aromatic rings. The molecule has 0 bridgehead atoms. The van der Waals surface area contributed by atoms with Crippen LogP contribution >= 0.6 is 22.7 Å². The van der Waals surface area contributed by atoms with Crippen molar-refractivity contribution >= 4 is 135 Å². The summed E-state index contributed by atoms with van der Waals surface area (Å²) in [4.78, 5) is 6.32. The minimum absolute atomic E-state index is 0.119. The third-order valence-electron chi connectivity index (χ3n) is 13.1. The summed E-state index contributed by atoms with van der Waals surface area (Å²) >= 11 is 3.81. The van der Waals surface area contributed by atoms with E-state index in [1.807, 2.05) is 28.7 Å². The Hall–Kier alpha value is -6.66. The molecule has 272 valence electrons. The highest BCUT2D eigenvalue weighted by atomic mass is 32.1. The van der Waals surface area contributed by atoms with Gasteiger partial charge in [-0.2, -0.15) is 0 Å². The van der Waals surface area contributed by atoms with Crippen molar-refractivity contribution in [2.24, 2.45) is 0 Å². The Morgan fingerprint density at radius 2 is 1.03 bits per heavy atom. The number of aromatic amines is 1. The first-order valence-electron chi connectivity index (χ1n) is 19.9. The molecule has 14 rings (SSSR count). The number of rotatable bonds is 3. The summed E-state index contributed by atoms with van der Waals surface area (Å²) in [5.74, 6) is 0. The number of hydrogen-bond donors (Lipinski definition) is 1. The highest BCUT2D eigenvalue weighted by Crippen LogP contribution is 2.52. The monoisotopic (exact) mass is 776 g/mol. The molecule has 4 heterocycles. The second-order valence-electron chi connectivity index (χ2n) is 16.5. The van der Waals surface area contributed by atoms with Crippen LogP contribution in [0.15, 0.2) is 156 Å². The Balaban J connectivity index is 0.998. The second-order valence-corrected chi connectivity index (χ2v) is 18.6. The van der Waals surface area contributed by atoms with Crippen molar-refractivity contribution in [2.45, 2.75) is 19.3 Å². The summed E-state index contributed by atoms with van der Waals surface area (Å²) in [6, 6.07) is 56.3. The number of fused-ring (bicyclic) bond motifs is 14. The van der Waals surface area contributed by atoms with Crippen molar-refractivity contribution < 1.29 is 4.42 Å². The Morgan fingerprint density at radius 3 is 1.86 bits per heavy atom. The van der Waals surface area contributed by atoms with Crippen LogP contribution < -0.4 is 4.90 Å². The molecule has 0 unspecified atom stereocenters. The lowest BCUT2D eigenvalue weighted by Crippen LogP contribution is -2.16. The summed E-state index contributed by atoms with van der Waals surface area (Å²) in [6.07, 6.45) is 0. The fourth-order valence-corrected chi connectivity index (χ4v) is 12.9. The Labute approximate surface area is 340 Å². The van der Waals surface area contributed by atoms with Gasteiger partial charge in [0.25, 0.3) is 0 Å². The first-order chi connectivity index (χ1) is 28.5. The summed E-state index contributed by atoms with van der Waals surface area (Å²) in [7, 11) is 0. The smallest absolute Gasteiger partial charge is 0.137 e. The Morgan fingerprint density at radius 1 is 0.448 bits per heavy atom. The molecule has 5 heteroatoms. The highest BCUT2D eigenvalue weighted by Gasteiger charge is 2.36. The van der Waals surface area contributed by atoms with Crippen LogP contribution in [-0.2, 0) is 5.41 Å². The normalized spacial score (nSPS) is 13.8. The van der Waals surface area contributed by atoms with Crippen LogP contribution in [0.4, 0.5) is 17.1 Å². The molecule has 4 aromatic heterocycles. The average molecular weight is 777 g/mol. The number of furan rings is 1. The van der Waals surface area contributed by atoms with Crippen molar-refractivity contribution in [3.05, 3.63) is 163 Å². The van der Waals surface area contributed by atoms with E-state index in [-0.39, 0.29) is 5.41 Å². The van der Waals surface area contributed by atoms with E-state index in [4.69, 9.17) is 4.42 Å². The predicted molar refractivity (Wildman–Crippen MR) is 250 cm³/mol. The molecule has 0 saturated carbocycles. The zero-order valence-corrected chi connectivity index (χ0v) is 33.2. The number of para-hydroxylation sites is 1. The summed E-state index contributed by atoms with van der Waals surface area (Å²) in [5.41, 5.74) is 12.8. The number of nitrogens with one attached hydrogen (secondary N) is 1. The molecule has 0 radical (unpaired) electrons. The van der Waals surface area contributed by atoms with Gasteiger partial charge in [-0.25, -0.2) is 0 Å². The molecule has 1 aliphatic carbocycles. The van der Waals surface area contributed by atoms with Crippen molar-refractivity contribution in [1.29, 1.82) is 0 Å². The van der Waals surface area contributed by atoms with E-state index in [9.17, 15) is 0 Å². The van der Waals surface area contributed by atoms with Crippen LogP contribution in [0.25, 0.3) is 106 Å². The average Bonchev–Trinajstić information content (AvgIpc) is 4.06. The van der Waals surface area contributed by atoms with E-state index in [0.717, 1.165) is 39.0 Å². The summed E-state index contributed by atoms with van der Waals surface area (Å²) < 4.78 is 11.8. The maximum atomic E-state index is 6.48. The highest BCUT2D eigenvalue weighted by molar-refractivity contribution is 7.27. The molecule has 0 fully saturated rings. The third-order valence-corrected chi connectivity index (χ3v) is 15.6. The van der Waals surface area contributed by atoms with E-state index in [2.05, 4.69) is 169 Å². The van der Waals surface area contributed by atoms with Crippen molar-refractivity contribution in [3.63, 3.8) is 0 Å². The lowest BCUT2D eigenvalue weighted by Gasteiger charge is -2.28.